The van der Waals surface area contributed by atoms with Gasteiger partial charge in [-0.2, -0.15) is 0 Å². The van der Waals surface area contributed by atoms with Gasteiger partial charge in [-0.25, -0.2) is 4.39 Å². The molecule has 4 rings (SSSR count). The van der Waals surface area contributed by atoms with Crippen molar-refractivity contribution in [2.45, 2.75) is 0 Å². The lowest BCUT2D eigenvalue weighted by atomic mass is 10.1. The van der Waals surface area contributed by atoms with Crippen molar-refractivity contribution in [1.82, 2.24) is 14.7 Å². The molecule has 0 bridgehead atoms. The minimum Gasteiger partial charge on any atom is -0.338 e. The molecule has 154 valence electrons. The Balaban J connectivity index is 1.38. The molecular weight excluding hydrogens is 413 g/mol. The molecule has 2 heterocycles. The molecule has 1 saturated heterocycles. The van der Waals surface area contributed by atoms with Crippen molar-refractivity contribution in [2.75, 3.05) is 32.7 Å². The predicted molar refractivity (Wildman–Crippen MR) is 106 cm³/mol. The van der Waals surface area contributed by atoms with Crippen molar-refractivity contribution in [2.24, 2.45) is 0 Å². The molecule has 7 nitrogen and oxygen atoms in total. The Morgan fingerprint density at radius 1 is 0.867 bits per heavy atom. The van der Waals surface area contributed by atoms with Gasteiger partial charge in [-0.3, -0.25) is 24.1 Å². The number of carbonyl (C=O) groups excluding carboxylic acids is 4. The fourth-order valence-corrected chi connectivity index (χ4v) is 3.88. The minimum absolute atomic E-state index is 0.0316. The predicted octanol–water partition coefficient (Wildman–Crippen LogP) is 2.06. The Kier molecular flexibility index (Phi) is 5.26. The summed E-state index contributed by atoms with van der Waals surface area (Å²) in [5.41, 5.74) is 0.380. The fourth-order valence-electron chi connectivity index (χ4n) is 3.64. The quantitative estimate of drug-likeness (QED) is 0.700. The number of fused-ring (bicyclic) bond motifs is 1. The van der Waals surface area contributed by atoms with Gasteiger partial charge < -0.3 is 9.80 Å². The molecule has 0 radical (unpaired) electrons. The summed E-state index contributed by atoms with van der Waals surface area (Å²) in [6, 6.07) is 10.5. The number of amides is 4. The summed E-state index contributed by atoms with van der Waals surface area (Å²) in [6.45, 7) is 0.438. The van der Waals surface area contributed by atoms with E-state index < -0.39 is 23.5 Å². The number of halogens is 2. The molecule has 9 heteroatoms. The van der Waals surface area contributed by atoms with Crippen molar-refractivity contribution >= 4 is 35.2 Å². The molecule has 2 aromatic rings. The highest BCUT2D eigenvalue weighted by Crippen LogP contribution is 2.23. The molecule has 0 saturated carbocycles. The zero-order chi connectivity index (χ0) is 21.4. The molecule has 2 aromatic carbocycles. The van der Waals surface area contributed by atoms with Crippen LogP contribution in [0.3, 0.4) is 0 Å². The Morgan fingerprint density at radius 3 is 2.00 bits per heavy atom. The Labute approximate surface area is 176 Å². The normalized spacial score (nSPS) is 16.1. The number of carbonyl (C=O) groups is 4. The fraction of sp³-hybridized carbons (Fsp3) is 0.238. The second-order valence-corrected chi connectivity index (χ2v) is 7.42. The van der Waals surface area contributed by atoms with E-state index in [1.165, 1.54) is 28.0 Å². The van der Waals surface area contributed by atoms with E-state index in [0.717, 1.165) is 4.90 Å². The van der Waals surface area contributed by atoms with E-state index in [1.54, 1.807) is 24.3 Å². The van der Waals surface area contributed by atoms with E-state index in [-0.39, 0.29) is 60.3 Å². The maximum absolute atomic E-state index is 14.0. The highest BCUT2D eigenvalue weighted by atomic mass is 35.5. The minimum atomic E-state index is -0.698. The van der Waals surface area contributed by atoms with Crippen LogP contribution in [-0.2, 0) is 4.79 Å². The molecule has 0 spiro atoms. The Morgan fingerprint density at radius 2 is 1.43 bits per heavy atom. The molecule has 0 N–H and O–H groups in total. The van der Waals surface area contributed by atoms with Crippen molar-refractivity contribution in [3.63, 3.8) is 0 Å². The number of nitrogens with zero attached hydrogens (tertiary/aromatic N) is 3. The lowest BCUT2D eigenvalue weighted by Crippen LogP contribution is -2.53. The van der Waals surface area contributed by atoms with Crippen LogP contribution in [0.2, 0.25) is 5.02 Å². The van der Waals surface area contributed by atoms with Crippen LogP contribution in [0.1, 0.15) is 31.1 Å². The lowest BCUT2D eigenvalue weighted by Gasteiger charge is -2.35. The SMILES string of the molecule is O=C(CN1C(=O)c2ccccc2C1=O)N1CCN(C(=O)c2c(F)cccc2Cl)CC1. The van der Waals surface area contributed by atoms with Crippen LogP contribution in [0.4, 0.5) is 4.39 Å². The summed E-state index contributed by atoms with van der Waals surface area (Å²) in [5, 5.41) is 0.0316. The molecule has 0 unspecified atom stereocenters. The number of hydrogen-bond acceptors (Lipinski definition) is 4. The summed E-state index contributed by atoms with van der Waals surface area (Å²) in [4.78, 5) is 53.9. The molecule has 0 aliphatic carbocycles. The van der Waals surface area contributed by atoms with Crippen molar-refractivity contribution in [3.05, 3.63) is 70.0 Å². The van der Waals surface area contributed by atoms with Crippen molar-refractivity contribution in [1.29, 1.82) is 0 Å². The maximum Gasteiger partial charge on any atom is 0.262 e. The average molecular weight is 430 g/mol. The summed E-state index contributed by atoms with van der Waals surface area (Å²) in [6.07, 6.45) is 0. The molecular formula is C21H17ClFN3O4. The molecule has 1 fully saturated rings. The average Bonchev–Trinajstić information content (AvgIpc) is 2.99. The van der Waals surface area contributed by atoms with Gasteiger partial charge in [0.1, 0.15) is 12.4 Å². The maximum atomic E-state index is 14.0. The van der Waals surface area contributed by atoms with Gasteiger partial charge in [-0.1, -0.05) is 29.8 Å². The summed E-state index contributed by atoms with van der Waals surface area (Å²) in [7, 11) is 0. The van der Waals surface area contributed by atoms with Crippen molar-refractivity contribution in [3.8, 4) is 0 Å². The van der Waals surface area contributed by atoms with Gasteiger partial charge in [-0.05, 0) is 24.3 Å². The molecule has 0 aromatic heterocycles. The summed E-state index contributed by atoms with van der Waals surface area (Å²) in [5.74, 6) is -2.61. The van der Waals surface area contributed by atoms with E-state index in [0.29, 0.717) is 0 Å². The van der Waals surface area contributed by atoms with Crippen LogP contribution in [-0.4, -0.2) is 71.1 Å². The molecule has 30 heavy (non-hydrogen) atoms. The van der Waals surface area contributed by atoms with Crippen LogP contribution in [0.15, 0.2) is 42.5 Å². The van der Waals surface area contributed by atoms with Crippen LogP contribution >= 0.6 is 11.6 Å². The number of piperazine rings is 1. The van der Waals surface area contributed by atoms with Crippen LogP contribution < -0.4 is 0 Å². The number of benzene rings is 2. The first-order valence-electron chi connectivity index (χ1n) is 9.34. The van der Waals surface area contributed by atoms with E-state index >= 15 is 0 Å². The second kappa shape index (κ2) is 7.87. The lowest BCUT2D eigenvalue weighted by molar-refractivity contribution is -0.132. The Hall–Kier alpha value is -3.26. The van der Waals surface area contributed by atoms with E-state index in [9.17, 15) is 23.6 Å². The molecule has 0 atom stereocenters. The van der Waals surface area contributed by atoms with Crippen LogP contribution in [0.25, 0.3) is 0 Å². The molecule has 4 amide bonds. The van der Waals surface area contributed by atoms with Gasteiger partial charge in [0, 0.05) is 26.2 Å². The topological polar surface area (TPSA) is 78.0 Å². The van der Waals surface area contributed by atoms with Gasteiger partial charge >= 0.3 is 0 Å². The van der Waals surface area contributed by atoms with Gasteiger partial charge in [0.15, 0.2) is 0 Å². The largest absolute Gasteiger partial charge is 0.338 e. The third-order valence-electron chi connectivity index (χ3n) is 5.27. The monoisotopic (exact) mass is 429 g/mol. The number of rotatable bonds is 3. The third-order valence-corrected chi connectivity index (χ3v) is 5.58. The van der Waals surface area contributed by atoms with Gasteiger partial charge in [0.2, 0.25) is 5.91 Å². The van der Waals surface area contributed by atoms with Gasteiger partial charge in [-0.15, -0.1) is 0 Å². The second-order valence-electron chi connectivity index (χ2n) is 7.01. The van der Waals surface area contributed by atoms with Gasteiger partial charge in [0.25, 0.3) is 17.7 Å². The molecule has 2 aliphatic rings. The van der Waals surface area contributed by atoms with Crippen LogP contribution in [0, 0.1) is 5.82 Å². The van der Waals surface area contributed by atoms with Crippen molar-refractivity contribution < 1.29 is 23.6 Å². The highest BCUT2D eigenvalue weighted by Gasteiger charge is 2.37. The first-order valence-corrected chi connectivity index (χ1v) is 9.72. The van der Waals surface area contributed by atoms with E-state index in [4.69, 9.17) is 11.6 Å². The zero-order valence-corrected chi connectivity index (χ0v) is 16.6. The third kappa shape index (κ3) is 3.43. The Bertz CT molecular complexity index is 1010. The molecule has 2 aliphatic heterocycles. The van der Waals surface area contributed by atoms with Crippen LogP contribution in [0.5, 0.6) is 0 Å². The zero-order valence-electron chi connectivity index (χ0n) is 15.8. The highest BCUT2D eigenvalue weighted by molar-refractivity contribution is 6.33. The number of hydrogen-bond donors (Lipinski definition) is 0. The smallest absolute Gasteiger partial charge is 0.262 e. The first-order chi connectivity index (χ1) is 14.4. The number of imide groups is 1. The first kappa shape index (κ1) is 20.0. The van der Waals surface area contributed by atoms with E-state index in [2.05, 4.69) is 0 Å². The standard InChI is InChI=1S/C21H17ClFN3O4/c22-15-6-3-7-16(23)18(15)21(30)25-10-8-24(9-11-25)17(27)12-26-19(28)13-4-1-2-5-14(13)20(26)29/h1-7H,8-12H2. The summed E-state index contributed by atoms with van der Waals surface area (Å²) < 4.78 is 14.0. The van der Waals surface area contributed by atoms with Gasteiger partial charge in [0.05, 0.1) is 21.7 Å². The summed E-state index contributed by atoms with van der Waals surface area (Å²) >= 11 is 5.96. The van der Waals surface area contributed by atoms with E-state index in [1.807, 2.05) is 0 Å².